The second-order valence-electron chi connectivity index (χ2n) is 7.97. The summed E-state index contributed by atoms with van der Waals surface area (Å²) in [6, 6.07) is 12.1. The molecule has 1 fully saturated rings. The number of benzene rings is 1. The van der Waals surface area contributed by atoms with Crippen LogP contribution in [-0.2, 0) is 0 Å². The number of hydrogen-bond acceptors (Lipinski definition) is 6. The zero-order valence-electron chi connectivity index (χ0n) is 17.8. The Balaban J connectivity index is 1.49. The number of rotatable bonds is 5. The molecule has 0 aliphatic carbocycles. The van der Waals surface area contributed by atoms with Gasteiger partial charge in [-0.2, -0.15) is 0 Å². The first-order chi connectivity index (χ1) is 15.7. The molecule has 1 saturated heterocycles. The third-order valence-corrected chi connectivity index (χ3v) is 5.90. The first kappa shape index (κ1) is 20.2. The minimum Gasteiger partial charge on any atom is -0.495 e. The number of methoxy groups -OCH3 is 1. The van der Waals surface area contributed by atoms with Gasteiger partial charge >= 0.3 is 0 Å². The number of amides is 1. The van der Waals surface area contributed by atoms with Crippen molar-refractivity contribution in [2.75, 3.05) is 25.5 Å². The smallest absolute Gasteiger partial charge is 0.281 e. The number of nitrogens with zero attached hydrogens (tertiary/aromatic N) is 3. The van der Waals surface area contributed by atoms with E-state index in [-0.39, 0.29) is 5.91 Å². The lowest BCUT2D eigenvalue weighted by Crippen LogP contribution is -2.28. The Morgan fingerprint density at radius 3 is 2.81 bits per heavy atom. The highest BCUT2D eigenvalue weighted by molar-refractivity contribution is 6.05. The average molecular weight is 427 g/mol. The molecule has 2 N–H and O–H groups in total. The SMILES string of the molecule is COc1cncc(-c2cc3c(c(Nc4ccc(C5CCCNC5)cc4)n2)C(=O)[N]C=C3)c1. The molecule has 2 aromatic heterocycles. The van der Waals surface area contributed by atoms with Gasteiger partial charge in [0, 0.05) is 30.2 Å². The number of aromatic nitrogens is 2. The Hall–Kier alpha value is -3.71. The largest absolute Gasteiger partial charge is 0.495 e. The van der Waals surface area contributed by atoms with Crippen molar-refractivity contribution in [3.05, 3.63) is 71.7 Å². The van der Waals surface area contributed by atoms with E-state index in [9.17, 15) is 4.79 Å². The number of hydrogen-bond donors (Lipinski definition) is 2. The lowest BCUT2D eigenvalue weighted by Gasteiger charge is -2.23. The summed E-state index contributed by atoms with van der Waals surface area (Å²) in [6.07, 6.45) is 9.12. The maximum absolute atomic E-state index is 12.6. The number of carbonyl (C=O) groups is 1. The number of nitrogens with one attached hydrogen (secondary N) is 2. The second-order valence-corrected chi connectivity index (χ2v) is 7.97. The highest BCUT2D eigenvalue weighted by Gasteiger charge is 2.23. The molecule has 1 aromatic carbocycles. The Bertz CT molecular complexity index is 1170. The molecule has 7 nitrogen and oxygen atoms in total. The van der Waals surface area contributed by atoms with Crippen LogP contribution in [0, 0.1) is 0 Å². The number of carbonyl (C=O) groups excluding carboxylic acids is 1. The van der Waals surface area contributed by atoms with E-state index in [4.69, 9.17) is 9.72 Å². The number of fused-ring (bicyclic) bond motifs is 1. The van der Waals surface area contributed by atoms with Crippen LogP contribution in [0.2, 0.25) is 0 Å². The first-order valence-electron chi connectivity index (χ1n) is 10.7. The number of piperidine rings is 1. The minimum atomic E-state index is -0.308. The van der Waals surface area contributed by atoms with Gasteiger partial charge in [0.15, 0.2) is 0 Å². The fraction of sp³-hybridized carbons (Fsp3) is 0.240. The quantitative estimate of drug-likeness (QED) is 0.639. The van der Waals surface area contributed by atoms with Crippen LogP contribution in [-0.4, -0.2) is 36.1 Å². The maximum atomic E-state index is 12.6. The Morgan fingerprint density at radius 1 is 1.16 bits per heavy atom. The van der Waals surface area contributed by atoms with Crippen molar-refractivity contribution in [3.63, 3.8) is 0 Å². The molecule has 4 heterocycles. The fourth-order valence-electron chi connectivity index (χ4n) is 4.19. The van der Waals surface area contributed by atoms with Gasteiger partial charge in [0.1, 0.15) is 11.6 Å². The van der Waals surface area contributed by atoms with E-state index in [0.717, 1.165) is 29.9 Å². The summed E-state index contributed by atoms with van der Waals surface area (Å²) in [5, 5.41) is 10.7. The van der Waals surface area contributed by atoms with Gasteiger partial charge in [0.05, 0.1) is 24.6 Å². The molecule has 2 aliphatic heterocycles. The van der Waals surface area contributed by atoms with Gasteiger partial charge in [-0.15, -0.1) is 0 Å². The topological polar surface area (TPSA) is 90.2 Å². The summed E-state index contributed by atoms with van der Waals surface area (Å²) < 4.78 is 5.30. The highest BCUT2D eigenvalue weighted by atomic mass is 16.5. The van der Waals surface area contributed by atoms with Crippen LogP contribution in [0.15, 0.2) is 55.0 Å². The van der Waals surface area contributed by atoms with Gasteiger partial charge in [0.25, 0.3) is 5.91 Å². The molecular formula is C25H24N5O2. The molecule has 7 heteroatoms. The zero-order valence-corrected chi connectivity index (χ0v) is 17.8. The maximum Gasteiger partial charge on any atom is 0.281 e. The number of pyridine rings is 2. The second kappa shape index (κ2) is 8.80. The third kappa shape index (κ3) is 4.07. The third-order valence-electron chi connectivity index (χ3n) is 5.90. The molecule has 3 aromatic rings. The van der Waals surface area contributed by atoms with Crippen molar-refractivity contribution in [2.45, 2.75) is 18.8 Å². The molecule has 32 heavy (non-hydrogen) atoms. The van der Waals surface area contributed by atoms with Gasteiger partial charge in [-0.05, 0) is 66.8 Å². The summed E-state index contributed by atoms with van der Waals surface area (Å²) in [7, 11) is 1.60. The molecule has 1 radical (unpaired) electrons. The van der Waals surface area contributed by atoms with Gasteiger partial charge in [-0.1, -0.05) is 12.1 Å². The van der Waals surface area contributed by atoms with Crippen LogP contribution < -0.4 is 20.7 Å². The van der Waals surface area contributed by atoms with Gasteiger partial charge in [-0.25, -0.2) is 10.3 Å². The summed E-state index contributed by atoms with van der Waals surface area (Å²) in [5.74, 6) is 1.35. The van der Waals surface area contributed by atoms with Crippen LogP contribution in [0.5, 0.6) is 5.75 Å². The highest BCUT2D eigenvalue weighted by Crippen LogP contribution is 2.32. The van der Waals surface area contributed by atoms with Crippen molar-refractivity contribution in [1.82, 2.24) is 20.6 Å². The predicted molar refractivity (Wildman–Crippen MR) is 124 cm³/mol. The Labute approximate surface area is 186 Å². The lowest BCUT2D eigenvalue weighted by molar-refractivity contribution is 0.0965. The summed E-state index contributed by atoms with van der Waals surface area (Å²) in [6.45, 7) is 2.11. The van der Waals surface area contributed by atoms with E-state index >= 15 is 0 Å². The molecule has 1 atom stereocenters. The Morgan fingerprint density at radius 2 is 2.03 bits per heavy atom. The van der Waals surface area contributed by atoms with Crippen molar-refractivity contribution in [1.29, 1.82) is 0 Å². The van der Waals surface area contributed by atoms with Crippen molar-refractivity contribution < 1.29 is 9.53 Å². The molecular weight excluding hydrogens is 402 g/mol. The van der Waals surface area contributed by atoms with Crippen molar-refractivity contribution >= 4 is 23.5 Å². The van der Waals surface area contributed by atoms with Crippen LogP contribution in [0.1, 0.15) is 40.2 Å². The lowest BCUT2D eigenvalue weighted by atomic mass is 9.91. The fourth-order valence-corrected chi connectivity index (χ4v) is 4.19. The zero-order chi connectivity index (χ0) is 21.9. The van der Waals surface area contributed by atoms with Crippen LogP contribution in [0.3, 0.4) is 0 Å². The number of anilines is 2. The van der Waals surface area contributed by atoms with Crippen LogP contribution in [0.4, 0.5) is 11.5 Å². The molecule has 1 unspecified atom stereocenters. The predicted octanol–water partition coefficient (Wildman–Crippen LogP) is 4.09. The molecule has 2 aliphatic rings. The molecule has 0 bridgehead atoms. The summed E-state index contributed by atoms with van der Waals surface area (Å²) in [5.41, 5.74) is 4.93. The van der Waals surface area contributed by atoms with E-state index < -0.39 is 0 Å². The van der Waals surface area contributed by atoms with E-state index in [1.807, 2.05) is 30.3 Å². The minimum absolute atomic E-state index is 0.308. The standard InChI is InChI=1S/C25H24N5O2/c1-32-21-11-19(14-27-15-21)22-12-17-8-10-28-25(31)23(17)24(30-22)29-20-6-4-16(5-7-20)18-3-2-9-26-13-18/h4-8,10-12,14-15,18,26H,2-3,9,13H2,1H3,(H,29,30). The molecule has 0 saturated carbocycles. The molecule has 1 amide bonds. The van der Waals surface area contributed by atoms with Gasteiger partial charge in [-0.3, -0.25) is 9.78 Å². The van der Waals surface area contributed by atoms with Crippen molar-refractivity contribution in [3.8, 4) is 17.0 Å². The van der Waals surface area contributed by atoms with E-state index in [1.165, 1.54) is 24.6 Å². The van der Waals surface area contributed by atoms with Crippen LogP contribution >= 0.6 is 0 Å². The average Bonchev–Trinajstić information content (AvgIpc) is 2.85. The Kier molecular flexibility index (Phi) is 5.56. The van der Waals surface area contributed by atoms with Gasteiger partial charge in [0.2, 0.25) is 0 Å². The molecule has 5 rings (SSSR count). The van der Waals surface area contributed by atoms with Crippen molar-refractivity contribution in [2.24, 2.45) is 0 Å². The van der Waals surface area contributed by atoms with E-state index in [2.05, 4.69) is 33.1 Å². The summed E-state index contributed by atoms with van der Waals surface area (Å²) >= 11 is 0. The molecule has 161 valence electrons. The summed E-state index contributed by atoms with van der Waals surface area (Å²) in [4.78, 5) is 21.6. The van der Waals surface area contributed by atoms with Gasteiger partial charge < -0.3 is 15.4 Å². The number of ether oxygens (including phenoxy) is 1. The van der Waals surface area contributed by atoms with E-state index in [0.29, 0.717) is 28.7 Å². The normalized spacial score (nSPS) is 17.4. The monoisotopic (exact) mass is 426 g/mol. The molecule has 0 spiro atoms. The van der Waals surface area contributed by atoms with Crippen LogP contribution in [0.25, 0.3) is 17.3 Å². The van der Waals surface area contributed by atoms with E-state index in [1.54, 1.807) is 19.5 Å². The first-order valence-corrected chi connectivity index (χ1v) is 10.7.